The zero-order valence-corrected chi connectivity index (χ0v) is 33.8. The number of aliphatic hydroxyl groups is 2. The van der Waals surface area contributed by atoms with Gasteiger partial charge in [0.25, 0.3) is 0 Å². The molecule has 0 fully saturated rings. The van der Waals surface area contributed by atoms with Gasteiger partial charge in [-0.2, -0.15) is 0 Å². The molecule has 4 N–H and O–H groups in total. The number of phosphoric acid groups is 1. The number of allylic oxidation sites excluding steroid dienone is 7. The Morgan fingerprint density at radius 2 is 1.31 bits per heavy atom. The van der Waals surface area contributed by atoms with Crippen LogP contribution in [0.1, 0.15) is 136 Å². The van der Waals surface area contributed by atoms with E-state index in [9.17, 15) is 24.5 Å². The highest BCUT2D eigenvalue weighted by molar-refractivity contribution is 7.47. The Kier molecular flexibility index (Phi) is 31.6. The Morgan fingerprint density at radius 3 is 2.00 bits per heavy atom. The van der Waals surface area contributed by atoms with Crippen molar-refractivity contribution in [2.24, 2.45) is 0 Å². The maximum Gasteiger partial charge on any atom is 0.472 e. The van der Waals surface area contributed by atoms with E-state index in [0.717, 1.165) is 32.1 Å². The number of hydrogen-bond donors (Lipinski definition) is 4. The Balaban J connectivity index is 4.69. The van der Waals surface area contributed by atoms with Gasteiger partial charge < -0.3 is 24.9 Å². The molecule has 4 atom stereocenters. The molecule has 0 heterocycles. The first kappa shape index (κ1) is 49.2. The number of aliphatic hydroxyl groups excluding tert-OH is 2. The van der Waals surface area contributed by atoms with Gasteiger partial charge in [0.2, 0.25) is 5.91 Å². The van der Waals surface area contributed by atoms with Crippen molar-refractivity contribution < 1.29 is 38.0 Å². The SMILES string of the molecule is CCCCC/C=C\C=C/[C@H](O)C/C=C\C/C=C/CCCC(=O)N[C@@H](COP(=O)(O)OCC[N+](C)(C)C)[C@H](O)/C=C/CCCCCCCCCCC. The first-order valence-electron chi connectivity index (χ1n) is 19.8. The summed E-state index contributed by atoms with van der Waals surface area (Å²) in [6.07, 6.45) is 37.4. The number of quaternary nitrogens is 1. The van der Waals surface area contributed by atoms with Gasteiger partial charge in [-0.1, -0.05) is 139 Å². The molecule has 0 aliphatic heterocycles. The Bertz CT molecular complexity index is 1040. The summed E-state index contributed by atoms with van der Waals surface area (Å²) in [5.74, 6) is -0.264. The van der Waals surface area contributed by atoms with E-state index in [1.165, 1.54) is 64.2 Å². The largest absolute Gasteiger partial charge is 0.472 e. The summed E-state index contributed by atoms with van der Waals surface area (Å²) >= 11 is 0. The van der Waals surface area contributed by atoms with Crippen LogP contribution in [0, 0.1) is 0 Å². The predicted molar refractivity (Wildman–Crippen MR) is 213 cm³/mol. The lowest BCUT2D eigenvalue weighted by Gasteiger charge is -2.25. The first-order valence-corrected chi connectivity index (χ1v) is 21.3. The van der Waals surface area contributed by atoms with E-state index >= 15 is 0 Å². The van der Waals surface area contributed by atoms with E-state index in [-0.39, 0.29) is 25.5 Å². The predicted octanol–water partition coefficient (Wildman–Crippen LogP) is 9.27. The van der Waals surface area contributed by atoms with Crippen LogP contribution in [0.5, 0.6) is 0 Å². The molecule has 0 rings (SSSR count). The summed E-state index contributed by atoms with van der Waals surface area (Å²) in [5.41, 5.74) is 0. The molecule has 0 aliphatic rings. The van der Waals surface area contributed by atoms with Gasteiger partial charge in [0.05, 0.1) is 46.0 Å². The second kappa shape index (κ2) is 32.8. The molecule has 0 bridgehead atoms. The van der Waals surface area contributed by atoms with Crippen molar-refractivity contribution in [3.05, 3.63) is 60.8 Å². The molecule has 0 radical (unpaired) electrons. The van der Waals surface area contributed by atoms with Gasteiger partial charge in [-0.25, -0.2) is 4.57 Å². The van der Waals surface area contributed by atoms with Gasteiger partial charge in [-0.15, -0.1) is 0 Å². The van der Waals surface area contributed by atoms with Crippen LogP contribution >= 0.6 is 7.82 Å². The topological polar surface area (TPSA) is 125 Å². The van der Waals surface area contributed by atoms with E-state index in [0.29, 0.717) is 30.3 Å². The van der Waals surface area contributed by atoms with Gasteiger partial charge in [0.1, 0.15) is 13.2 Å². The number of phosphoric ester groups is 1. The highest BCUT2D eigenvalue weighted by Gasteiger charge is 2.27. The average Bonchev–Trinajstić information content (AvgIpc) is 3.07. The van der Waals surface area contributed by atoms with Crippen molar-refractivity contribution in [3.8, 4) is 0 Å². The van der Waals surface area contributed by atoms with Gasteiger partial charge in [0.15, 0.2) is 0 Å². The van der Waals surface area contributed by atoms with Crippen LogP contribution in [0.15, 0.2) is 60.8 Å². The standard InChI is InChI=1S/C41H75N2O7P/c1-6-8-10-12-14-15-16-17-21-25-29-33-40(45)39(37-50-51(47,48)49-36-35-43(3,4)5)42-41(46)34-30-26-22-18-20-24-28-32-38(44)31-27-23-19-13-11-9-7-2/h18-19,22-24,27-29,31,33,38-40,44-45H,6-17,20-21,25-26,30,32,34-37H2,1-5H3,(H-,42,46,47,48)/p+1/b22-18+,23-19-,28-24-,31-27-,33-29+/t38-,39-,40+/m0/s1. The number of nitrogens with one attached hydrogen (secondary N) is 1. The van der Waals surface area contributed by atoms with Crippen LogP contribution in [0.2, 0.25) is 0 Å². The zero-order valence-electron chi connectivity index (χ0n) is 32.9. The maximum atomic E-state index is 12.8. The third-order valence-corrected chi connectivity index (χ3v) is 9.30. The average molecular weight is 740 g/mol. The first-order chi connectivity index (χ1) is 24.4. The van der Waals surface area contributed by atoms with Crippen molar-refractivity contribution >= 4 is 13.7 Å². The van der Waals surface area contributed by atoms with E-state index < -0.39 is 26.1 Å². The molecule has 0 spiro atoms. The fourth-order valence-electron chi connectivity index (χ4n) is 5.05. The highest BCUT2D eigenvalue weighted by atomic mass is 31.2. The molecular formula is C41H76N2O7P+. The molecular weight excluding hydrogens is 663 g/mol. The summed E-state index contributed by atoms with van der Waals surface area (Å²) in [5, 5.41) is 23.7. The van der Waals surface area contributed by atoms with Crippen molar-refractivity contribution in [2.75, 3.05) is 40.9 Å². The molecule has 10 heteroatoms. The Labute approximate surface area is 312 Å². The molecule has 0 aromatic carbocycles. The molecule has 9 nitrogen and oxygen atoms in total. The van der Waals surface area contributed by atoms with Crippen LogP contribution in [-0.2, 0) is 18.4 Å². The van der Waals surface area contributed by atoms with Crippen molar-refractivity contribution in [1.29, 1.82) is 0 Å². The monoisotopic (exact) mass is 740 g/mol. The van der Waals surface area contributed by atoms with Crippen LogP contribution in [0.3, 0.4) is 0 Å². The van der Waals surface area contributed by atoms with Gasteiger partial charge in [-0.3, -0.25) is 13.8 Å². The summed E-state index contributed by atoms with van der Waals surface area (Å²) in [7, 11) is 1.48. The van der Waals surface area contributed by atoms with Crippen LogP contribution < -0.4 is 5.32 Å². The van der Waals surface area contributed by atoms with Gasteiger partial charge in [0, 0.05) is 6.42 Å². The molecule has 0 saturated carbocycles. The summed E-state index contributed by atoms with van der Waals surface area (Å²) in [6, 6.07) is -0.896. The van der Waals surface area contributed by atoms with Gasteiger partial charge >= 0.3 is 7.82 Å². The molecule has 0 saturated heterocycles. The smallest absolute Gasteiger partial charge is 0.389 e. The molecule has 0 aromatic rings. The number of hydrogen-bond acceptors (Lipinski definition) is 6. The second-order valence-electron chi connectivity index (χ2n) is 14.5. The number of rotatable bonds is 34. The second-order valence-corrected chi connectivity index (χ2v) is 16.0. The number of amides is 1. The fourth-order valence-corrected chi connectivity index (χ4v) is 5.79. The fraction of sp³-hybridized carbons (Fsp3) is 0.732. The number of unbranched alkanes of at least 4 members (excludes halogenated alkanes) is 13. The summed E-state index contributed by atoms with van der Waals surface area (Å²) in [4.78, 5) is 23.0. The van der Waals surface area contributed by atoms with Crippen LogP contribution in [0.4, 0.5) is 0 Å². The lowest BCUT2D eigenvalue weighted by atomic mass is 10.1. The number of nitrogens with zero attached hydrogens (tertiary/aromatic N) is 1. The third kappa shape index (κ3) is 35.0. The van der Waals surface area contributed by atoms with E-state index in [1.54, 1.807) is 12.2 Å². The van der Waals surface area contributed by atoms with E-state index in [1.807, 2.05) is 63.7 Å². The number of carbonyl (C=O) groups excluding carboxylic acids is 1. The van der Waals surface area contributed by atoms with Crippen LogP contribution in [0.25, 0.3) is 0 Å². The van der Waals surface area contributed by atoms with Gasteiger partial charge in [-0.05, 0) is 51.4 Å². The number of likely N-dealkylation sites (N-methyl/N-ethyl adjacent to an activating group) is 1. The molecule has 0 aromatic heterocycles. The maximum absolute atomic E-state index is 12.8. The highest BCUT2D eigenvalue weighted by Crippen LogP contribution is 2.43. The van der Waals surface area contributed by atoms with Crippen molar-refractivity contribution in [3.63, 3.8) is 0 Å². The molecule has 1 amide bonds. The minimum absolute atomic E-state index is 0.0369. The molecule has 0 aliphatic carbocycles. The number of carbonyl (C=O) groups is 1. The zero-order chi connectivity index (χ0) is 38.1. The summed E-state index contributed by atoms with van der Waals surface area (Å²) < 4.78 is 23.4. The van der Waals surface area contributed by atoms with E-state index in [4.69, 9.17) is 9.05 Å². The van der Waals surface area contributed by atoms with E-state index in [2.05, 4.69) is 25.2 Å². The minimum atomic E-state index is -4.36. The lowest BCUT2D eigenvalue weighted by molar-refractivity contribution is -0.870. The van der Waals surface area contributed by atoms with Crippen molar-refractivity contribution in [2.45, 2.75) is 154 Å². The third-order valence-electron chi connectivity index (χ3n) is 8.31. The molecule has 296 valence electrons. The quantitative estimate of drug-likeness (QED) is 0.0171. The minimum Gasteiger partial charge on any atom is -0.389 e. The summed E-state index contributed by atoms with van der Waals surface area (Å²) in [6.45, 7) is 4.61. The normalized spacial score (nSPS) is 15.8. The Morgan fingerprint density at radius 1 is 0.725 bits per heavy atom. The Hall–Kier alpha value is -1.84. The molecule has 51 heavy (non-hydrogen) atoms. The van der Waals surface area contributed by atoms with Crippen LogP contribution in [-0.4, -0.2) is 84.6 Å². The molecule has 1 unspecified atom stereocenters. The van der Waals surface area contributed by atoms with Crippen molar-refractivity contribution in [1.82, 2.24) is 5.32 Å². The lowest BCUT2D eigenvalue weighted by Crippen LogP contribution is -2.45.